The first-order valence-electron chi connectivity index (χ1n) is 6.69. The van der Waals surface area contributed by atoms with Crippen LogP contribution in [0, 0.1) is 5.82 Å². The van der Waals surface area contributed by atoms with Crippen LogP contribution < -0.4 is 5.32 Å². The Labute approximate surface area is 156 Å². The summed E-state index contributed by atoms with van der Waals surface area (Å²) < 4.78 is 169. The van der Waals surface area contributed by atoms with Gasteiger partial charge in [-0.2, -0.15) is 43.9 Å². The van der Waals surface area contributed by atoms with Crippen LogP contribution in [0.2, 0.25) is 5.02 Å². The summed E-state index contributed by atoms with van der Waals surface area (Å²) in [4.78, 5) is 11.2. The highest BCUT2D eigenvalue weighted by Gasteiger charge is 2.89. The van der Waals surface area contributed by atoms with E-state index in [0.717, 1.165) is 0 Å². The third-order valence-corrected chi connectivity index (χ3v) is 3.58. The van der Waals surface area contributed by atoms with Crippen molar-refractivity contribution in [2.75, 3.05) is 5.32 Å². The van der Waals surface area contributed by atoms with E-state index in [9.17, 15) is 61.9 Å². The molecule has 0 spiro atoms. The molecule has 0 saturated heterocycles. The lowest BCUT2D eigenvalue weighted by Crippen LogP contribution is -2.70. The monoisotopic (exact) mass is 473 g/mol. The number of hydrogen-bond acceptors (Lipinski definition) is 1. The van der Waals surface area contributed by atoms with Gasteiger partial charge in [0.2, 0.25) is 0 Å². The SMILES string of the molecule is O=C(Nc1ccc(Cl)cc1F)C(F)(F)C(F)(F)C(F)(F)C(F)(F)C(F)(F)C(F)F. The van der Waals surface area contributed by atoms with Gasteiger partial charge in [0, 0.05) is 5.02 Å². The average Bonchev–Trinajstić information content (AvgIpc) is 2.56. The molecule has 1 aromatic rings. The number of amides is 1. The highest BCUT2D eigenvalue weighted by atomic mass is 35.5. The second-order valence-corrected chi connectivity index (χ2v) is 5.74. The minimum Gasteiger partial charge on any atom is -0.318 e. The highest BCUT2D eigenvalue weighted by molar-refractivity contribution is 6.30. The minimum atomic E-state index is -7.86. The van der Waals surface area contributed by atoms with Crippen molar-refractivity contribution in [2.45, 2.75) is 36.0 Å². The molecule has 0 aliphatic carbocycles. The molecule has 2 nitrogen and oxygen atoms in total. The third-order valence-electron chi connectivity index (χ3n) is 3.34. The molecule has 1 amide bonds. The van der Waals surface area contributed by atoms with Crippen molar-refractivity contribution in [3.63, 3.8) is 0 Å². The number of halogens is 14. The van der Waals surface area contributed by atoms with E-state index < -0.39 is 58.5 Å². The topological polar surface area (TPSA) is 29.1 Å². The zero-order valence-electron chi connectivity index (χ0n) is 13.0. The van der Waals surface area contributed by atoms with E-state index in [1.54, 1.807) is 0 Å². The lowest BCUT2D eigenvalue weighted by atomic mass is 9.94. The Kier molecular flexibility index (Phi) is 6.40. The van der Waals surface area contributed by atoms with E-state index >= 15 is 0 Å². The third kappa shape index (κ3) is 3.80. The molecule has 29 heavy (non-hydrogen) atoms. The zero-order chi connectivity index (χ0) is 23.2. The molecule has 0 atom stereocenters. The van der Waals surface area contributed by atoms with Crippen LogP contribution in [0.5, 0.6) is 0 Å². The Morgan fingerprint density at radius 1 is 0.862 bits per heavy atom. The molecule has 1 N–H and O–H groups in total. The maximum atomic E-state index is 13.6. The van der Waals surface area contributed by atoms with E-state index in [4.69, 9.17) is 11.6 Å². The van der Waals surface area contributed by atoms with Crippen molar-refractivity contribution in [1.29, 1.82) is 0 Å². The number of carbonyl (C=O) groups is 1. The Bertz CT molecular complexity index is 780. The van der Waals surface area contributed by atoms with Gasteiger partial charge in [0.15, 0.2) is 0 Å². The van der Waals surface area contributed by atoms with Gasteiger partial charge in [0.25, 0.3) is 0 Å². The first kappa shape index (κ1) is 25.1. The Morgan fingerprint density at radius 2 is 1.34 bits per heavy atom. The van der Waals surface area contributed by atoms with Crippen LogP contribution in [0.3, 0.4) is 0 Å². The van der Waals surface area contributed by atoms with Crippen LogP contribution in [0.25, 0.3) is 0 Å². The lowest BCUT2D eigenvalue weighted by molar-refractivity contribution is -0.406. The average molecular weight is 474 g/mol. The summed E-state index contributed by atoms with van der Waals surface area (Å²) in [6.07, 6.45) is -5.66. The highest BCUT2D eigenvalue weighted by Crippen LogP contribution is 2.58. The standard InChI is InChI=1S/C13H5ClF13NO/c14-4-1-2-6(5(15)3-4)28-8(29)10(20,21)12(24,25)13(26,27)11(22,23)9(18,19)7(16)17/h1-3,7H,(H,28,29). The predicted molar refractivity (Wildman–Crippen MR) is 70.8 cm³/mol. The summed E-state index contributed by atoms with van der Waals surface area (Å²) in [6.45, 7) is 0. The second-order valence-electron chi connectivity index (χ2n) is 5.30. The molecule has 0 heterocycles. The summed E-state index contributed by atoms with van der Waals surface area (Å²) in [5, 5.41) is 0.248. The fourth-order valence-electron chi connectivity index (χ4n) is 1.67. The van der Waals surface area contributed by atoms with Gasteiger partial charge in [-0.05, 0) is 18.2 Å². The van der Waals surface area contributed by atoms with Crippen molar-refractivity contribution in [1.82, 2.24) is 0 Å². The van der Waals surface area contributed by atoms with Gasteiger partial charge >= 0.3 is 41.9 Å². The maximum absolute atomic E-state index is 13.6. The molecule has 0 fully saturated rings. The first-order chi connectivity index (χ1) is 12.7. The molecule has 166 valence electrons. The molecule has 0 aliphatic rings. The smallest absolute Gasteiger partial charge is 0.318 e. The van der Waals surface area contributed by atoms with Gasteiger partial charge in [-0.15, -0.1) is 0 Å². The fraction of sp³-hybridized carbons (Fsp3) is 0.462. The molecule has 0 radical (unpaired) electrons. The van der Waals surface area contributed by atoms with Crippen LogP contribution >= 0.6 is 11.6 Å². The Hall–Kier alpha value is -1.93. The van der Waals surface area contributed by atoms with Crippen LogP contribution in [-0.2, 0) is 4.79 Å². The number of carbonyl (C=O) groups excluding carboxylic acids is 1. The van der Waals surface area contributed by atoms with Crippen molar-refractivity contribution in [2.24, 2.45) is 0 Å². The number of hydrogen-bond donors (Lipinski definition) is 1. The number of benzene rings is 1. The number of anilines is 1. The molecule has 1 aromatic carbocycles. The largest absolute Gasteiger partial charge is 0.393 e. The zero-order valence-corrected chi connectivity index (χ0v) is 13.8. The van der Waals surface area contributed by atoms with Gasteiger partial charge in [-0.3, -0.25) is 4.79 Å². The van der Waals surface area contributed by atoms with Crippen molar-refractivity contribution < 1.29 is 61.9 Å². The van der Waals surface area contributed by atoms with Gasteiger partial charge < -0.3 is 5.32 Å². The Morgan fingerprint density at radius 3 is 1.76 bits per heavy atom. The van der Waals surface area contributed by atoms with Crippen LogP contribution in [0.15, 0.2) is 18.2 Å². The lowest BCUT2D eigenvalue weighted by Gasteiger charge is -2.38. The molecule has 16 heteroatoms. The molecule has 0 aliphatic heterocycles. The van der Waals surface area contributed by atoms with Crippen molar-refractivity contribution >= 4 is 23.2 Å². The van der Waals surface area contributed by atoms with E-state index in [1.165, 1.54) is 0 Å². The minimum absolute atomic E-state index is 0.333. The predicted octanol–water partition coefficient (Wildman–Crippen LogP) is 5.86. The van der Waals surface area contributed by atoms with Crippen molar-refractivity contribution in [3.05, 3.63) is 29.0 Å². The van der Waals surface area contributed by atoms with Gasteiger partial charge in [-0.1, -0.05) is 11.6 Å². The van der Waals surface area contributed by atoms with Gasteiger partial charge in [0.05, 0.1) is 5.69 Å². The number of alkyl halides is 12. The van der Waals surface area contributed by atoms with E-state index in [0.29, 0.717) is 23.5 Å². The molecular weight excluding hydrogens is 469 g/mol. The molecule has 0 bridgehead atoms. The summed E-state index contributed by atoms with van der Waals surface area (Å²) in [7, 11) is 0. The summed E-state index contributed by atoms with van der Waals surface area (Å²) in [5.74, 6) is -42.5. The second kappa shape index (κ2) is 7.40. The summed E-state index contributed by atoms with van der Waals surface area (Å²) in [5.41, 5.74) is -1.36. The summed E-state index contributed by atoms with van der Waals surface area (Å²) in [6, 6.07) is 1.41. The van der Waals surface area contributed by atoms with Crippen LogP contribution in [0.1, 0.15) is 0 Å². The van der Waals surface area contributed by atoms with Crippen LogP contribution in [0.4, 0.5) is 62.8 Å². The van der Waals surface area contributed by atoms with Crippen LogP contribution in [-0.4, -0.2) is 41.9 Å². The van der Waals surface area contributed by atoms with E-state index in [1.807, 2.05) is 0 Å². The maximum Gasteiger partial charge on any atom is 0.393 e. The molecule has 0 unspecified atom stereocenters. The van der Waals surface area contributed by atoms with Gasteiger partial charge in [-0.25, -0.2) is 13.2 Å². The molecule has 1 rings (SSSR count). The van der Waals surface area contributed by atoms with Crippen molar-refractivity contribution in [3.8, 4) is 0 Å². The quantitative estimate of drug-likeness (QED) is 0.494. The first-order valence-corrected chi connectivity index (χ1v) is 7.06. The summed E-state index contributed by atoms with van der Waals surface area (Å²) >= 11 is 5.26. The molecular formula is C13H5ClF13NO. The van der Waals surface area contributed by atoms with Gasteiger partial charge in [0.1, 0.15) is 5.82 Å². The van der Waals surface area contributed by atoms with E-state index in [-0.39, 0.29) is 0 Å². The number of nitrogens with one attached hydrogen (secondary N) is 1. The fourth-order valence-corrected chi connectivity index (χ4v) is 1.83. The number of rotatable bonds is 7. The molecule has 0 saturated carbocycles. The molecule has 0 aromatic heterocycles. The van der Waals surface area contributed by atoms with E-state index in [2.05, 4.69) is 0 Å². The normalized spacial score (nSPS) is 14.3. The Balaban J connectivity index is 3.37.